The van der Waals surface area contributed by atoms with E-state index in [1.54, 1.807) is 0 Å². The number of halogens is 3. The minimum Gasteiger partial charge on any atom is -0.480 e. The van der Waals surface area contributed by atoms with Crippen LogP contribution in [0.4, 0.5) is 13.2 Å². The molecule has 32 heavy (non-hydrogen) atoms. The number of carboxylic acid groups (broad SMARTS) is 1. The van der Waals surface area contributed by atoms with Crippen molar-refractivity contribution in [3.8, 4) is 11.1 Å². The summed E-state index contributed by atoms with van der Waals surface area (Å²) < 4.78 is 62.9. The molecule has 0 radical (unpaired) electrons. The Morgan fingerprint density at radius 1 is 1.12 bits per heavy atom. The standard InChI is InChI=1S/C21H21F3N2O5S/c22-21(23,24)32(30,31)18-6-2-1-4-15(18)14-9-7-13(8-10-14)12-17(20(28)29)26-19(27)16-5-3-11-25-16/h1-2,4,6-10,16-17,25H,3,5,11-12H2,(H,26,27)(H,28,29)/t16-,17-/m0/s1. The van der Waals surface area contributed by atoms with Gasteiger partial charge in [0.1, 0.15) is 6.04 Å². The van der Waals surface area contributed by atoms with Gasteiger partial charge < -0.3 is 15.7 Å². The molecule has 1 aliphatic heterocycles. The fourth-order valence-corrected chi connectivity index (χ4v) is 4.48. The van der Waals surface area contributed by atoms with E-state index in [9.17, 15) is 36.3 Å². The molecule has 1 saturated heterocycles. The first-order valence-corrected chi connectivity index (χ1v) is 11.3. The van der Waals surface area contributed by atoms with Crippen LogP contribution in [0.15, 0.2) is 53.4 Å². The molecule has 11 heteroatoms. The van der Waals surface area contributed by atoms with Crippen LogP contribution in [0.2, 0.25) is 0 Å². The number of rotatable bonds is 7. The second-order valence-corrected chi connectivity index (χ2v) is 9.30. The number of benzene rings is 2. The van der Waals surface area contributed by atoms with E-state index in [1.165, 1.54) is 42.5 Å². The van der Waals surface area contributed by atoms with Crippen molar-refractivity contribution in [2.24, 2.45) is 0 Å². The maximum Gasteiger partial charge on any atom is 0.501 e. The predicted octanol–water partition coefficient (Wildman–Crippen LogP) is 2.51. The van der Waals surface area contributed by atoms with Crippen LogP contribution in [0, 0.1) is 0 Å². The number of hydrogen-bond donors (Lipinski definition) is 3. The Morgan fingerprint density at radius 3 is 2.34 bits per heavy atom. The number of carbonyl (C=O) groups is 2. The van der Waals surface area contributed by atoms with Crippen LogP contribution in [-0.2, 0) is 25.8 Å². The van der Waals surface area contributed by atoms with Crippen molar-refractivity contribution in [1.82, 2.24) is 10.6 Å². The summed E-state index contributed by atoms with van der Waals surface area (Å²) in [5.41, 5.74) is -4.82. The van der Waals surface area contributed by atoms with E-state index in [2.05, 4.69) is 10.6 Å². The van der Waals surface area contributed by atoms with Gasteiger partial charge in [-0.05, 0) is 36.6 Å². The number of nitrogens with one attached hydrogen (secondary N) is 2. The molecular formula is C21H21F3N2O5S. The quantitative estimate of drug-likeness (QED) is 0.573. The molecule has 172 valence electrons. The van der Waals surface area contributed by atoms with Crippen molar-refractivity contribution in [2.75, 3.05) is 6.54 Å². The third kappa shape index (κ3) is 5.10. The zero-order valence-corrected chi connectivity index (χ0v) is 17.5. The number of carboxylic acids is 1. The van der Waals surface area contributed by atoms with Crippen molar-refractivity contribution in [3.63, 3.8) is 0 Å². The maximum atomic E-state index is 13.0. The van der Waals surface area contributed by atoms with Gasteiger partial charge in [-0.1, -0.05) is 42.5 Å². The monoisotopic (exact) mass is 470 g/mol. The van der Waals surface area contributed by atoms with Crippen LogP contribution in [-0.4, -0.2) is 49.5 Å². The summed E-state index contributed by atoms with van der Waals surface area (Å²) in [6.45, 7) is 0.683. The van der Waals surface area contributed by atoms with Crippen molar-refractivity contribution >= 4 is 21.7 Å². The summed E-state index contributed by atoms with van der Waals surface area (Å²) in [6.07, 6.45) is 1.40. The molecule has 1 amide bonds. The van der Waals surface area contributed by atoms with E-state index in [4.69, 9.17) is 0 Å². The Bertz CT molecular complexity index is 1100. The summed E-state index contributed by atoms with van der Waals surface area (Å²) in [5, 5.41) is 14.9. The number of carbonyl (C=O) groups excluding carboxylic acids is 1. The molecule has 2 aromatic rings. The fourth-order valence-electron chi connectivity index (χ4n) is 3.50. The van der Waals surface area contributed by atoms with Crippen LogP contribution in [0.5, 0.6) is 0 Å². The Kier molecular flexibility index (Phi) is 6.89. The summed E-state index contributed by atoms with van der Waals surface area (Å²) in [7, 11) is -5.55. The van der Waals surface area contributed by atoms with Gasteiger partial charge in [0, 0.05) is 12.0 Å². The third-order valence-electron chi connectivity index (χ3n) is 5.18. The SMILES string of the molecule is O=C(O)[C@H](Cc1ccc(-c2ccccc2S(=O)(=O)C(F)(F)F)cc1)NC(=O)[C@@H]1CCCN1. The smallest absolute Gasteiger partial charge is 0.480 e. The molecule has 0 saturated carbocycles. The summed E-state index contributed by atoms with van der Waals surface area (Å²) in [5.74, 6) is -1.63. The second-order valence-electron chi connectivity index (χ2n) is 7.39. The Labute approximate surface area is 182 Å². The van der Waals surface area contributed by atoms with Crippen molar-refractivity contribution < 1.29 is 36.3 Å². The number of aliphatic carboxylic acids is 1. The zero-order chi connectivity index (χ0) is 23.5. The van der Waals surface area contributed by atoms with E-state index in [0.717, 1.165) is 12.5 Å². The second kappa shape index (κ2) is 9.29. The molecule has 3 N–H and O–H groups in total. The van der Waals surface area contributed by atoms with Gasteiger partial charge in [-0.15, -0.1) is 0 Å². The molecule has 0 aromatic heterocycles. The topological polar surface area (TPSA) is 113 Å². The summed E-state index contributed by atoms with van der Waals surface area (Å²) >= 11 is 0. The lowest BCUT2D eigenvalue weighted by Crippen LogP contribution is -2.49. The molecule has 1 aliphatic rings. The highest BCUT2D eigenvalue weighted by molar-refractivity contribution is 7.92. The van der Waals surface area contributed by atoms with Gasteiger partial charge in [0.2, 0.25) is 5.91 Å². The maximum absolute atomic E-state index is 13.0. The van der Waals surface area contributed by atoms with Gasteiger partial charge in [-0.2, -0.15) is 13.2 Å². The summed E-state index contributed by atoms with van der Waals surface area (Å²) in [4.78, 5) is 22.9. The third-order valence-corrected chi connectivity index (χ3v) is 6.72. The predicted molar refractivity (Wildman–Crippen MR) is 109 cm³/mol. The van der Waals surface area contributed by atoms with Crippen molar-refractivity contribution in [2.45, 2.75) is 41.7 Å². The van der Waals surface area contributed by atoms with Crippen LogP contribution < -0.4 is 10.6 Å². The Balaban J connectivity index is 1.81. The molecule has 2 atom stereocenters. The minimum absolute atomic E-state index is 0.0451. The highest BCUT2D eigenvalue weighted by Gasteiger charge is 2.47. The van der Waals surface area contributed by atoms with Gasteiger partial charge in [-0.25, -0.2) is 13.2 Å². The van der Waals surface area contributed by atoms with Crippen molar-refractivity contribution in [1.29, 1.82) is 0 Å². The number of amides is 1. The van der Waals surface area contributed by atoms with E-state index >= 15 is 0 Å². The van der Waals surface area contributed by atoms with Gasteiger partial charge in [0.25, 0.3) is 9.84 Å². The highest BCUT2D eigenvalue weighted by atomic mass is 32.2. The lowest BCUT2D eigenvalue weighted by molar-refractivity contribution is -0.142. The van der Waals surface area contributed by atoms with E-state index < -0.39 is 44.2 Å². The highest BCUT2D eigenvalue weighted by Crippen LogP contribution is 2.36. The zero-order valence-electron chi connectivity index (χ0n) is 16.7. The molecule has 1 fully saturated rings. The molecule has 1 heterocycles. The molecule has 0 spiro atoms. The van der Waals surface area contributed by atoms with Crippen LogP contribution >= 0.6 is 0 Å². The molecule has 7 nitrogen and oxygen atoms in total. The normalized spacial score (nSPS) is 17.7. The number of hydrogen-bond acceptors (Lipinski definition) is 5. The Morgan fingerprint density at radius 2 is 1.78 bits per heavy atom. The minimum atomic E-state index is -5.55. The van der Waals surface area contributed by atoms with Gasteiger partial charge in [-0.3, -0.25) is 4.79 Å². The number of sulfone groups is 1. The van der Waals surface area contributed by atoms with Gasteiger partial charge >= 0.3 is 11.5 Å². The molecule has 0 bridgehead atoms. The Hall–Kier alpha value is -2.92. The first-order valence-electron chi connectivity index (χ1n) is 9.77. The molecule has 2 aromatic carbocycles. The average molecular weight is 470 g/mol. The largest absolute Gasteiger partial charge is 0.501 e. The van der Waals surface area contributed by atoms with Gasteiger partial charge in [0.05, 0.1) is 10.9 Å². The first kappa shape index (κ1) is 23.7. The van der Waals surface area contributed by atoms with Gasteiger partial charge in [0.15, 0.2) is 0 Å². The van der Waals surface area contributed by atoms with Crippen LogP contribution in [0.3, 0.4) is 0 Å². The van der Waals surface area contributed by atoms with E-state index in [0.29, 0.717) is 18.5 Å². The number of alkyl halides is 3. The van der Waals surface area contributed by atoms with E-state index in [1.807, 2.05) is 0 Å². The lowest BCUT2D eigenvalue weighted by atomic mass is 10.0. The van der Waals surface area contributed by atoms with Crippen molar-refractivity contribution in [3.05, 3.63) is 54.1 Å². The van der Waals surface area contributed by atoms with E-state index in [-0.39, 0.29) is 17.5 Å². The first-order chi connectivity index (χ1) is 15.0. The summed E-state index contributed by atoms with van der Waals surface area (Å²) in [6, 6.07) is 8.96. The average Bonchev–Trinajstić information content (AvgIpc) is 3.28. The lowest BCUT2D eigenvalue weighted by Gasteiger charge is -2.18. The molecule has 3 rings (SSSR count). The fraction of sp³-hybridized carbons (Fsp3) is 0.333. The van der Waals surface area contributed by atoms with Crippen LogP contribution in [0.25, 0.3) is 11.1 Å². The molecular weight excluding hydrogens is 449 g/mol. The molecule has 0 unspecified atom stereocenters. The molecule has 0 aliphatic carbocycles. The van der Waals surface area contributed by atoms with Crippen LogP contribution in [0.1, 0.15) is 18.4 Å².